The normalized spacial score (nSPS) is 14.9. The molecule has 204 valence electrons. The molecular weight excluding hydrogens is 555 g/mol. The van der Waals surface area contributed by atoms with Gasteiger partial charge in [0.05, 0.1) is 30.0 Å². The number of hydrogen-bond acceptors (Lipinski definition) is 7. The van der Waals surface area contributed by atoms with E-state index in [1.54, 1.807) is 55.5 Å². The zero-order chi connectivity index (χ0) is 28.4. The minimum Gasteiger partial charge on any atom is -0.496 e. The van der Waals surface area contributed by atoms with Crippen LogP contribution < -0.4 is 24.4 Å². The third-order valence-electron chi connectivity index (χ3n) is 6.41. The van der Waals surface area contributed by atoms with Crippen molar-refractivity contribution in [3.05, 3.63) is 125 Å². The lowest BCUT2D eigenvalue weighted by atomic mass is 9.95. The van der Waals surface area contributed by atoms with Gasteiger partial charge in [0.25, 0.3) is 5.56 Å². The zero-order valence-corrected chi connectivity index (χ0v) is 23.4. The van der Waals surface area contributed by atoms with Crippen LogP contribution in [-0.2, 0) is 16.1 Å². The van der Waals surface area contributed by atoms with E-state index in [1.807, 2.05) is 12.1 Å². The van der Waals surface area contributed by atoms with E-state index in [9.17, 15) is 14.0 Å². The second-order valence-corrected chi connectivity index (χ2v) is 10.4. The van der Waals surface area contributed by atoms with Crippen LogP contribution in [0.25, 0.3) is 6.08 Å². The number of thiazole rings is 1. The van der Waals surface area contributed by atoms with E-state index in [4.69, 9.17) is 25.8 Å². The smallest absolute Gasteiger partial charge is 0.338 e. The number of benzene rings is 3. The molecule has 7 nitrogen and oxygen atoms in total. The number of aromatic nitrogens is 1. The Hall–Kier alpha value is -4.21. The summed E-state index contributed by atoms with van der Waals surface area (Å²) in [4.78, 5) is 31.7. The Bertz CT molecular complexity index is 1790. The third kappa shape index (κ3) is 5.43. The van der Waals surface area contributed by atoms with Crippen molar-refractivity contribution in [3.8, 4) is 11.5 Å². The number of methoxy groups -OCH3 is 2. The molecule has 0 unspecified atom stereocenters. The van der Waals surface area contributed by atoms with E-state index in [0.717, 1.165) is 11.1 Å². The monoisotopic (exact) mass is 578 g/mol. The van der Waals surface area contributed by atoms with Crippen LogP contribution in [0.15, 0.2) is 87.8 Å². The topological polar surface area (TPSA) is 79.1 Å². The number of carbonyl (C=O) groups is 1. The van der Waals surface area contributed by atoms with Crippen molar-refractivity contribution < 1.29 is 23.4 Å². The van der Waals surface area contributed by atoms with Crippen LogP contribution >= 0.6 is 22.9 Å². The number of nitrogens with zero attached hydrogens (tertiary/aromatic N) is 2. The van der Waals surface area contributed by atoms with Gasteiger partial charge in [0.1, 0.15) is 30.0 Å². The van der Waals surface area contributed by atoms with E-state index in [0.29, 0.717) is 43.7 Å². The van der Waals surface area contributed by atoms with Crippen molar-refractivity contribution in [3.63, 3.8) is 0 Å². The van der Waals surface area contributed by atoms with E-state index in [2.05, 4.69) is 4.99 Å². The van der Waals surface area contributed by atoms with Crippen LogP contribution in [0.1, 0.15) is 29.7 Å². The van der Waals surface area contributed by atoms with Gasteiger partial charge in [-0.2, -0.15) is 0 Å². The first-order chi connectivity index (χ1) is 19.3. The molecule has 3 aromatic carbocycles. The van der Waals surface area contributed by atoms with E-state index < -0.39 is 12.0 Å². The number of ether oxygens (including phenoxy) is 3. The molecule has 0 saturated heterocycles. The molecule has 1 atom stereocenters. The first-order valence-electron chi connectivity index (χ1n) is 12.2. The first kappa shape index (κ1) is 27.4. The number of hydrogen-bond donors (Lipinski definition) is 0. The lowest BCUT2D eigenvalue weighted by Gasteiger charge is -2.25. The van der Waals surface area contributed by atoms with Gasteiger partial charge < -0.3 is 14.2 Å². The second kappa shape index (κ2) is 11.5. The molecule has 0 spiro atoms. The summed E-state index contributed by atoms with van der Waals surface area (Å²) in [6.45, 7) is 2.01. The highest BCUT2D eigenvalue weighted by atomic mass is 35.5. The Kier molecular flexibility index (Phi) is 7.86. The van der Waals surface area contributed by atoms with Crippen molar-refractivity contribution in [2.24, 2.45) is 4.99 Å². The predicted molar refractivity (Wildman–Crippen MR) is 151 cm³/mol. The fraction of sp³-hybridized carbons (Fsp3) is 0.167. The molecule has 1 aromatic heterocycles. The van der Waals surface area contributed by atoms with E-state index >= 15 is 0 Å². The molecular formula is C30H24ClFN2O5S. The Labute approximate surface area is 238 Å². The number of fused-ring (bicyclic) bond motifs is 1. The van der Waals surface area contributed by atoms with Crippen LogP contribution in [0.5, 0.6) is 11.5 Å². The van der Waals surface area contributed by atoms with Gasteiger partial charge in [0, 0.05) is 10.6 Å². The average molecular weight is 579 g/mol. The van der Waals surface area contributed by atoms with Crippen molar-refractivity contribution in [2.75, 3.05) is 14.2 Å². The maximum Gasteiger partial charge on any atom is 0.338 e. The molecule has 10 heteroatoms. The van der Waals surface area contributed by atoms with Crippen molar-refractivity contribution in [1.82, 2.24) is 4.57 Å². The molecule has 40 heavy (non-hydrogen) atoms. The third-order valence-corrected chi connectivity index (χ3v) is 7.63. The van der Waals surface area contributed by atoms with Crippen molar-refractivity contribution in [2.45, 2.75) is 19.6 Å². The largest absolute Gasteiger partial charge is 0.496 e. The molecule has 0 amide bonds. The molecule has 0 radical (unpaired) electrons. The lowest BCUT2D eigenvalue weighted by molar-refractivity contribution is -0.136. The van der Waals surface area contributed by atoms with Crippen LogP contribution in [0.3, 0.4) is 0 Å². The van der Waals surface area contributed by atoms with Crippen molar-refractivity contribution >= 4 is 35.0 Å². The fourth-order valence-electron chi connectivity index (χ4n) is 4.46. The van der Waals surface area contributed by atoms with Crippen LogP contribution in [0, 0.1) is 5.82 Å². The highest BCUT2D eigenvalue weighted by Crippen LogP contribution is 2.37. The molecule has 2 heterocycles. The first-order valence-corrected chi connectivity index (χ1v) is 13.4. The number of carbonyl (C=O) groups excluding carboxylic acids is 1. The van der Waals surface area contributed by atoms with Gasteiger partial charge in [-0.05, 0) is 66.6 Å². The SMILES string of the molecule is COC(=O)C1=C(C)N=c2s/c(=C\c3ccc(OCc4ccc(F)cc4)cc3)c(=O)n2[C@@H]1c1cc(Cl)ccc1OC. The molecule has 0 bridgehead atoms. The molecule has 4 aromatic rings. The lowest BCUT2D eigenvalue weighted by Crippen LogP contribution is -2.40. The van der Waals surface area contributed by atoms with Crippen LogP contribution in [-0.4, -0.2) is 24.8 Å². The predicted octanol–water partition coefficient (Wildman–Crippen LogP) is 4.79. The summed E-state index contributed by atoms with van der Waals surface area (Å²) in [5.41, 5.74) is 2.51. The molecule has 0 aliphatic carbocycles. The maximum atomic E-state index is 13.8. The second-order valence-electron chi connectivity index (χ2n) is 8.94. The van der Waals surface area contributed by atoms with Gasteiger partial charge in [-0.25, -0.2) is 14.2 Å². The molecule has 5 rings (SSSR count). The minimum atomic E-state index is -0.846. The Balaban J connectivity index is 1.53. The van der Waals surface area contributed by atoms with Crippen LogP contribution in [0.4, 0.5) is 4.39 Å². The standard InChI is InChI=1S/C30H24ClFN2O5S/c1-17-26(29(36)38-3)27(23-15-20(31)8-13-24(23)37-2)34-28(35)25(40-30(34)33-17)14-18-6-11-22(12-7-18)39-16-19-4-9-21(32)10-5-19/h4-15,27H,16H2,1-3H3/b25-14-/t27-/m1/s1. The Morgan fingerprint density at radius 2 is 1.82 bits per heavy atom. The number of rotatable bonds is 7. The maximum absolute atomic E-state index is 13.8. The molecule has 0 N–H and O–H groups in total. The van der Waals surface area contributed by atoms with Gasteiger partial charge in [-0.1, -0.05) is 47.2 Å². The highest BCUT2D eigenvalue weighted by Gasteiger charge is 2.35. The van der Waals surface area contributed by atoms with Gasteiger partial charge in [-0.3, -0.25) is 9.36 Å². The van der Waals surface area contributed by atoms with Gasteiger partial charge in [0.2, 0.25) is 0 Å². The number of allylic oxidation sites excluding steroid dienone is 1. The number of halogens is 2. The van der Waals surface area contributed by atoms with Crippen molar-refractivity contribution in [1.29, 1.82) is 0 Å². The zero-order valence-electron chi connectivity index (χ0n) is 21.8. The summed E-state index contributed by atoms with van der Waals surface area (Å²) < 4.78 is 31.4. The summed E-state index contributed by atoms with van der Waals surface area (Å²) in [5, 5.41) is 0.429. The van der Waals surface area contributed by atoms with Gasteiger partial charge >= 0.3 is 5.97 Å². The summed E-state index contributed by atoms with van der Waals surface area (Å²) >= 11 is 7.54. The fourth-order valence-corrected chi connectivity index (χ4v) is 5.69. The van der Waals surface area contributed by atoms with Gasteiger partial charge in [0.15, 0.2) is 4.80 Å². The average Bonchev–Trinajstić information content (AvgIpc) is 3.26. The molecule has 1 aliphatic rings. The summed E-state index contributed by atoms with van der Waals surface area (Å²) in [6, 6.07) is 17.6. The number of esters is 1. The molecule has 0 fully saturated rings. The van der Waals surface area contributed by atoms with Gasteiger partial charge in [-0.15, -0.1) is 0 Å². The summed E-state index contributed by atoms with van der Waals surface area (Å²) in [7, 11) is 2.80. The Morgan fingerprint density at radius 1 is 1.10 bits per heavy atom. The molecule has 1 aliphatic heterocycles. The highest BCUT2D eigenvalue weighted by molar-refractivity contribution is 7.07. The van der Waals surface area contributed by atoms with Crippen LogP contribution in [0.2, 0.25) is 5.02 Å². The summed E-state index contributed by atoms with van der Waals surface area (Å²) in [5.74, 6) is 0.206. The molecule has 0 saturated carbocycles. The summed E-state index contributed by atoms with van der Waals surface area (Å²) in [6.07, 6.45) is 1.76. The van der Waals surface area contributed by atoms with E-state index in [-0.39, 0.29) is 16.9 Å². The quantitative estimate of drug-likeness (QED) is 0.295. The van der Waals surface area contributed by atoms with E-state index in [1.165, 1.54) is 42.3 Å². The Morgan fingerprint density at radius 3 is 2.50 bits per heavy atom. The minimum absolute atomic E-state index is 0.227.